The summed E-state index contributed by atoms with van der Waals surface area (Å²) < 4.78 is 31.5. The van der Waals surface area contributed by atoms with E-state index in [4.69, 9.17) is 10.5 Å². The molecule has 1 aliphatic rings. The summed E-state index contributed by atoms with van der Waals surface area (Å²) in [6, 6.07) is 9.75. The molecule has 3 N–H and O–H groups in total. The van der Waals surface area contributed by atoms with Crippen LogP contribution < -0.4 is 15.8 Å². The van der Waals surface area contributed by atoms with E-state index in [1.165, 1.54) is 6.07 Å². The lowest BCUT2D eigenvalue weighted by Gasteiger charge is -2.16. The fourth-order valence-electron chi connectivity index (χ4n) is 2.47. The van der Waals surface area contributed by atoms with Crippen molar-refractivity contribution in [2.75, 3.05) is 6.54 Å². The fourth-order valence-corrected chi connectivity index (χ4v) is 2.47. The number of benzene rings is 2. The van der Waals surface area contributed by atoms with Crippen LogP contribution in [0.25, 0.3) is 0 Å². The summed E-state index contributed by atoms with van der Waals surface area (Å²) in [5.41, 5.74) is 6.17. The Balaban J connectivity index is 1.64. The molecule has 4 nitrogen and oxygen atoms in total. The van der Waals surface area contributed by atoms with Crippen LogP contribution in [0, 0.1) is 17.6 Å². The monoisotopic (exact) mass is 332 g/mol. The number of halogens is 2. The quantitative estimate of drug-likeness (QED) is 0.854. The summed E-state index contributed by atoms with van der Waals surface area (Å²) in [5.74, 6) is -0.999. The number of carbonyl (C=O) groups is 1. The van der Waals surface area contributed by atoms with Crippen LogP contribution in [0.15, 0.2) is 42.5 Å². The van der Waals surface area contributed by atoms with E-state index in [-0.39, 0.29) is 17.7 Å². The molecule has 1 unspecified atom stereocenters. The van der Waals surface area contributed by atoms with Gasteiger partial charge in [-0.05, 0) is 55.2 Å². The maximum absolute atomic E-state index is 13.2. The molecule has 1 atom stereocenters. The van der Waals surface area contributed by atoms with Gasteiger partial charge in [0.1, 0.15) is 11.5 Å². The first-order valence-corrected chi connectivity index (χ1v) is 7.80. The molecule has 0 heterocycles. The van der Waals surface area contributed by atoms with E-state index >= 15 is 0 Å². The zero-order chi connectivity index (χ0) is 17.1. The van der Waals surface area contributed by atoms with Crippen LogP contribution in [-0.4, -0.2) is 18.5 Å². The average molecular weight is 332 g/mol. The molecule has 1 saturated carbocycles. The Morgan fingerprint density at radius 2 is 1.79 bits per heavy atom. The highest BCUT2D eigenvalue weighted by atomic mass is 19.2. The van der Waals surface area contributed by atoms with Crippen molar-refractivity contribution in [2.24, 2.45) is 11.7 Å². The van der Waals surface area contributed by atoms with Crippen LogP contribution in [0.5, 0.6) is 11.5 Å². The minimum absolute atomic E-state index is 0.00983. The molecule has 2 aromatic carbocycles. The van der Waals surface area contributed by atoms with Gasteiger partial charge in [-0.25, -0.2) is 8.78 Å². The first-order valence-electron chi connectivity index (χ1n) is 7.80. The summed E-state index contributed by atoms with van der Waals surface area (Å²) in [7, 11) is 0. The highest BCUT2D eigenvalue weighted by Gasteiger charge is 2.31. The van der Waals surface area contributed by atoms with Crippen LogP contribution in [0.3, 0.4) is 0 Å². The van der Waals surface area contributed by atoms with Crippen molar-refractivity contribution in [3.05, 3.63) is 59.7 Å². The maximum Gasteiger partial charge on any atom is 0.251 e. The van der Waals surface area contributed by atoms with Crippen LogP contribution in [0.1, 0.15) is 23.2 Å². The van der Waals surface area contributed by atoms with E-state index in [1.807, 2.05) is 0 Å². The molecule has 0 radical (unpaired) electrons. The Hall–Kier alpha value is -2.47. The van der Waals surface area contributed by atoms with Crippen molar-refractivity contribution in [2.45, 2.75) is 18.9 Å². The molecule has 24 heavy (non-hydrogen) atoms. The summed E-state index contributed by atoms with van der Waals surface area (Å²) in [4.78, 5) is 12.2. The summed E-state index contributed by atoms with van der Waals surface area (Å²) in [6.07, 6.45) is 2.20. The summed E-state index contributed by atoms with van der Waals surface area (Å²) in [5, 5.41) is 2.93. The SMILES string of the molecule is NCC(NC(=O)c1ccc(Oc2ccc(F)c(F)c2)cc1)C1CC1. The Morgan fingerprint density at radius 3 is 2.38 bits per heavy atom. The van der Waals surface area contributed by atoms with Gasteiger partial charge in [0.25, 0.3) is 5.91 Å². The van der Waals surface area contributed by atoms with Crippen molar-refractivity contribution in [3.63, 3.8) is 0 Å². The summed E-state index contributed by atoms with van der Waals surface area (Å²) in [6.45, 7) is 0.424. The normalized spacial score (nSPS) is 15.0. The van der Waals surface area contributed by atoms with Gasteiger partial charge in [-0.2, -0.15) is 0 Å². The van der Waals surface area contributed by atoms with Gasteiger partial charge >= 0.3 is 0 Å². The van der Waals surface area contributed by atoms with Crippen molar-refractivity contribution < 1.29 is 18.3 Å². The van der Waals surface area contributed by atoms with Crippen molar-refractivity contribution in [3.8, 4) is 11.5 Å². The highest BCUT2D eigenvalue weighted by Crippen LogP contribution is 2.32. The second-order valence-electron chi connectivity index (χ2n) is 5.86. The van der Waals surface area contributed by atoms with Gasteiger partial charge in [0.2, 0.25) is 0 Å². The van der Waals surface area contributed by atoms with Crippen LogP contribution in [0.4, 0.5) is 8.78 Å². The fraction of sp³-hybridized carbons (Fsp3) is 0.278. The van der Waals surface area contributed by atoms with Gasteiger partial charge in [0.05, 0.1) is 0 Å². The zero-order valence-corrected chi connectivity index (χ0v) is 13.0. The molecule has 0 saturated heterocycles. The van der Waals surface area contributed by atoms with E-state index in [9.17, 15) is 13.6 Å². The standard InChI is InChI=1S/C18H18F2N2O2/c19-15-8-7-14(9-16(15)20)24-13-5-3-12(4-6-13)18(23)22-17(10-21)11-1-2-11/h3-9,11,17H,1-2,10,21H2,(H,22,23). The number of hydrogen-bond acceptors (Lipinski definition) is 3. The van der Waals surface area contributed by atoms with Crippen molar-refractivity contribution in [1.29, 1.82) is 0 Å². The van der Waals surface area contributed by atoms with Gasteiger partial charge < -0.3 is 15.8 Å². The molecule has 0 bridgehead atoms. The predicted octanol–water partition coefficient (Wildman–Crippen LogP) is 3.22. The third kappa shape index (κ3) is 3.89. The third-order valence-corrected chi connectivity index (χ3v) is 4.00. The second-order valence-corrected chi connectivity index (χ2v) is 5.86. The van der Waals surface area contributed by atoms with Gasteiger partial charge in [-0.1, -0.05) is 0 Å². The Bertz CT molecular complexity index is 730. The van der Waals surface area contributed by atoms with Gasteiger partial charge in [-0.15, -0.1) is 0 Å². The number of rotatable bonds is 6. The van der Waals surface area contributed by atoms with Gasteiger partial charge in [0, 0.05) is 24.2 Å². The average Bonchev–Trinajstić information content (AvgIpc) is 3.41. The molecular weight excluding hydrogens is 314 g/mol. The number of ether oxygens (including phenoxy) is 1. The number of hydrogen-bond donors (Lipinski definition) is 2. The summed E-state index contributed by atoms with van der Waals surface area (Å²) >= 11 is 0. The van der Waals surface area contributed by atoms with E-state index in [1.54, 1.807) is 24.3 Å². The van der Waals surface area contributed by atoms with Crippen LogP contribution >= 0.6 is 0 Å². The Labute approximate surface area is 138 Å². The van der Waals surface area contributed by atoms with E-state index in [0.717, 1.165) is 25.0 Å². The number of amides is 1. The lowest BCUT2D eigenvalue weighted by molar-refractivity contribution is 0.0933. The maximum atomic E-state index is 13.2. The molecule has 0 aliphatic heterocycles. The zero-order valence-electron chi connectivity index (χ0n) is 13.0. The molecule has 1 fully saturated rings. The molecule has 126 valence electrons. The number of nitrogens with one attached hydrogen (secondary N) is 1. The van der Waals surface area contributed by atoms with Gasteiger partial charge in [0.15, 0.2) is 11.6 Å². The molecule has 1 amide bonds. The molecule has 3 rings (SSSR count). The topological polar surface area (TPSA) is 64.3 Å². The first kappa shape index (κ1) is 16.4. The minimum atomic E-state index is -0.976. The van der Waals surface area contributed by atoms with Crippen molar-refractivity contribution >= 4 is 5.91 Å². The Morgan fingerprint density at radius 1 is 1.12 bits per heavy atom. The molecule has 6 heteroatoms. The number of carbonyl (C=O) groups excluding carboxylic acids is 1. The predicted molar refractivity (Wildman–Crippen MR) is 85.9 cm³/mol. The molecule has 0 aromatic heterocycles. The van der Waals surface area contributed by atoms with Crippen LogP contribution in [0.2, 0.25) is 0 Å². The van der Waals surface area contributed by atoms with Gasteiger partial charge in [-0.3, -0.25) is 4.79 Å². The minimum Gasteiger partial charge on any atom is -0.457 e. The van der Waals surface area contributed by atoms with E-state index in [0.29, 0.717) is 23.8 Å². The van der Waals surface area contributed by atoms with Crippen LogP contribution in [-0.2, 0) is 0 Å². The Kier molecular flexibility index (Phi) is 4.76. The molecule has 2 aromatic rings. The van der Waals surface area contributed by atoms with E-state index < -0.39 is 11.6 Å². The third-order valence-electron chi connectivity index (χ3n) is 4.00. The highest BCUT2D eigenvalue weighted by molar-refractivity contribution is 5.94. The number of nitrogens with two attached hydrogens (primary N) is 1. The van der Waals surface area contributed by atoms with Crippen molar-refractivity contribution in [1.82, 2.24) is 5.32 Å². The molecule has 1 aliphatic carbocycles. The van der Waals surface area contributed by atoms with E-state index in [2.05, 4.69) is 5.32 Å². The lowest BCUT2D eigenvalue weighted by Crippen LogP contribution is -2.41. The second kappa shape index (κ2) is 6.97. The molecular formula is C18H18F2N2O2. The smallest absolute Gasteiger partial charge is 0.251 e. The first-order chi connectivity index (χ1) is 11.6. The molecule has 0 spiro atoms. The lowest BCUT2D eigenvalue weighted by atomic mass is 10.1. The largest absolute Gasteiger partial charge is 0.457 e.